The zero-order valence-electron chi connectivity index (χ0n) is 11.4. The van der Waals surface area contributed by atoms with Gasteiger partial charge in [-0.15, -0.1) is 0 Å². The Kier molecular flexibility index (Phi) is 5.13. The molecule has 2 rings (SSSR count). The number of hydrogen-bond donors (Lipinski definition) is 1. The van der Waals surface area contributed by atoms with E-state index in [1.807, 2.05) is 0 Å². The fraction of sp³-hybridized carbons (Fsp3) is 0.200. The molecule has 0 radical (unpaired) electrons. The van der Waals surface area contributed by atoms with Crippen LogP contribution in [0.1, 0.15) is 24.1 Å². The molecule has 0 aliphatic heterocycles. The highest BCUT2D eigenvalue weighted by Gasteiger charge is 2.16. The molecular formula is C15H15BrFNO2S. The molecule has 0 aliphatic rings. The maximum Gasteiger partial charge on any atom is 0.216 e. The van der Waals surface area contributed by atoms with E-state index in [2.05, 4.69) is 20.7 Å². The van der Waals surface area contributed by atoms with Gasteiger partial charge in [0.2, 0.25) is 10.0 Å². The van der Waals surface area contributed by atoms with Gasteiger partial charge in [-0.05, 0) is 42.3 Å². The number of rotatable bonds is 5. The maximum absolute atomic E-state index is 12.9. The fourth-order valence-corrected chi connectivity index (χ4v) is 3.58. The molecular weight excluding hydrogens is 357 g/mol. The van der Waals surface area contributed by atoms with Crippen LogP contribution >= 0.6 is 15.9 Å². The zero-order valence-corrected chi connectivity index (χ0v) is 13.8. The standard InChI is InChI=1S/C15H15BrFNO2S/c1-11(13-4-8-15(17)9-5-13)18-21(19,20)10-12-2-6-14(16)7-3-12/h2-9,11,18H,10H2,1H3/t11-/m0/s1. The molecule has 0 saturated carbocycles. The Morgan fingerprint density at radius 2 is 1.67 bits per heavy atom. The van der Waals surface area contributed by atoms with Gasteiger partial charge in [-0.25, -0.2) is 17.5 Å². The SMILES string of the molecule is C[C@H](NS(=O)(=O)Cc1ccc(Br)cc1)c1ccc(F)cc1. The van der Waals surface area contributed by atoms with E-state index >= 15 is 0 Å². The average Bonchev–Trinajstić information content (AvgIpc) is 2.41. The second-order valence-electron chi connectivity index (χ2n) is 4.78. The smallest absolute Gasteiger partial charge is 0.212 e. The third-order valence-electron chi connectivity index (χ3n) is 3.00. The van der Waals surface area contributed by atoms with Crippen LogP contribution in [0.2, 0.25) is 0 Å². The summed E-state index contributed by atoms with van der Waals surface area (Å²) in [6.45, 7) is 1.73. The monoisotopic (exact) mass is 371 g/mol. The predicted molar refractivity (Wildman–Crippen MR) is 84.7 cm³/mol. The van der Waals surface area contributed by atoms with Gasteiger partial charge in [0.1, 0.15) is 5.82 Å². The second kappa shape index (κ2) is 6.68. The molecule has 0 bridgehead atoms. The second-order valence-corrected chi connectivity index (χ2v) is 7.45. The van der Waals surface area contributed by atoms with E-state index in [-0.39, 0.29) is 11.6 Å². The number of halogens is 2. The van der Waals surface area contributed by atoms with Gasteiger partial charge >= 0.3 is 0 Å². The van der Waals surface area contributed by atoms with Crippen LogP contribution < -0.4 is 4.72 Å². The molecule has 112 valence electrons. The molecule has 21 heavy (non-hydrogen) atoms. The van der Waals surface area contributed by atoms with Crippen LogP contribution in [0.3, 0.4) is 0 Å². The summed E-state index contributed by atoms with van der Waals surface area (Å²) in [5.41, 5.74) is 1.42. The Balaban J connectivity index is 2.06. The normalized spacial score (nSPS) is 13.1. The van der Waals surface area contributed by atoms with Crippen LogP contribution in [0.15, 0.2) is 53.0 Å². The van der Waals surface area contributed by atoms with Gasteiger partial charge in [-0.1, -0.05) is 40.2 Å². The van der Waals surface area contributed by atoms with Crippen LogP contribution in [0.5, 0.6) is 0 Å². The summed E-state index contributed by atoms with van der Waals surface area (Å²) in [6.07, 6.45) is 0. The van der Waals surface area contributed by atoms with Crippen molar-refractivity contribution in [3.05, 3.63) is 69.9 Å². The molecule has 2 aromatic carbocycles. The lowest BCUT2D eigenvalue weighted by Crippen LogP contribution is -2.28. The van der Waals surface area contributed by atoms with Crippen molar-refractivity contribution in [2.45, 2.75) is 18.7 Å². The Morgan fingerprint density at radius 3 is 2.24 bits per heavy atom. The Bertz CT molecular complexity index is 699. The third-order valence-corrected chi connectivity index (χ3v) is 4.95. The van der Waals surface area contributed by atoms with Gasteiger partial charge in [-0.3, -0.25) is 0 Å². The first kappa shape index (κ1) is 16.1. The van der Waals surface area contributed by atoms with Gasteiger partial charge in [0.05, 0.1) is 5.75 Å². The average molecular weight is 372 g/mol. The molecule has 0 unspecified atom stereocenters. The lowest BCUT2D eigenvalue weighted by atomic mass is 10.1. The summed E-state index contributed by atoms with van der Waals surface area (Å²) in [6, 6.07) is 12.5. The number of benzene rings is 2. The summed E-state index contributed by atoms with van der Waals surface area (Å²) in [5.74, 6) is -0.435. The van der Waals surface area contributed by atoms with Crippen molar-refractivity contribution in [3.8, 4) is 0 Å². The topological polar surface area (TPSA) is 46.2 Å². The Hall–Kier alpha value is -1.24. The molecule has 0 aliphatic carbocycles. The molecule has 0 saturated heterocycles. The van der Waals surface area contributed by atoms with E-state index in [0.717, 1.165) is 10.0 Å². The first-order valence-corrected chi connectivity index (χ1v) is 8.80. The number of sulfonamides is 1. The highest BCUT2D eigenvalue weighted by Crippen LogP contribution is 2.16. The summed E-state index contributed by atoms with van der Waals surface area (Å²) in [4.78, 5) is 0. The van der Waals surface area contributed by atoms with E-state index in [1.54, 1.807) is 43.3 Å². The van der Waals surface area contributed by atoms with Crippen LogP contribution in [0.25, 0.3) is 0 Å². The largest absolute Gasteiger partial charge is 0.216 e. The summed E-state index contributed by atoms with van der Waals surface area (Å²) in [7, 11) is -3.46. The highest BCUT2D eigenvalue weighted by molar-refractivity contribution is 9.10. The van der Waals surface area contributed by atoms with Crippen molar-refractivity contribution in [1.82, 2.24) is 4.72 Å². The first-order valence-electron chi connectivity index (χ1n) is 6.36. The summed E-state index contributed by atoms with van der Waals surface area (Å²) < 4.78 is 40.6. The number of nitrogens with one attached hydrogen (secondary N) is 1. The molecule has 0 fully saturated rings. The van der Waals surface area contributed by atoms with Crippen LogP contribution in [-0.2, 0) is 15.8 Å². The van der Waals surface area contributed by atoms with Crippen molar-refractivity contribution in [2.75, 3.05) is 0 Å². The molecule has 2 aromatic rings. The molecule has 0 heterocycles. The van der Waals surface area contributed by atoms with E-state index in [0.29, 0.717) is 5.56 Å². The first-order chi connectivity index (χ1) is 9.85. The van der Waals surface area contributed by atoms with Crippen LogP contribution in [0.4, 0.5) is 4.39 Å². The zero-order chi connectivity index (χ0) is 15.5. The maximum atomic E-state index is 12.9. The van der Waals surface area contributed by atoms with Crippen LogP contribution in [0, 0.1) is 5.82 Å². The minimum atomic E-state index is -3.46. The van der Waals surface area contributed by atoms with Crippen molar-refractivity contribution in [2.24, 2.45) is 0 Å². The van der Waals surface area contributed by atoms with Crippen molar-refractivity contribution in [1.29, 1.82) is 0 Å². The van der Waals surface area contributed by atoms with Gasteiger partial charge in [-0.2, -0.15) is 0 Å². The number of hydrogen-bond acceptors (Lipinski definition) is 2. The van der Waals surface area contributed by atoms with E-state index < -0.39 is 16.1 Å². The quantitative estimate of drug-likeness (QED) is 0.869. The van der Waals surface area contributed by atoms with Crippen molar-refractivity contribution < 1.29 is 12.8 Å². The van der Waals surface area contributed by atoms with E-state index in [1.165, 1.54) is 12.1 Å². The van der Waals surface area contributed by atoms with E-state index in [9.17, 15) is 12.8 Å². The van der Waals surface area contributed by atoms with Crippen molar-refractivity contribution in [3.63, 3.8) is 0 Å². The molecule has 1 atom stereocenters. The molecule has 0 spiro atoms. The van der Waals surface area contributed by atoms with Crippen LogP contribution in [-0.4, -0.2) is 8.42 Å². The lowest BCUT2D eigenvalue weighted by Gasteiger charge is -2.14. The molecule has 0 aromatic heterocycles. The van der Waals surface area contributed by atoms with Gasteiger partial charge in [0, 0.05) is 10.5 Å². The van der Waals surface area contributed by atoms with E-state index in [4.69, 9.17) is 0 Å². The van der Waals surface area contributed by atoms with Gasteiger partial charge < -0.3 is 0 Å². The Labute approximate surface area is 132 Å². The molecule has 3 nitrogen and oxygen atoms in total. The minimum absolute atomic E-state index is 0.0915. The van der Waals surface area contributed by atoms with Gasteiger partial charge in [0.25, 0.3) is 0 Å². The summed E-state index contributed by atoms with van der Waals surface area (Å²) in [5, 5.41) is 0. The lowest BCUT2D eigenvalue weighted by molar-refractivity contribution is 0.565. The molecule has 0 amide bonds. The minimum Gasteiger partial charge on any atom is -0.212 e. The van der Waals surface area contributed by atoms with Crippen molar-refractivity contribution >= 4 is 26.0 Å². The predicted octanol–water partition coefficient (Wildman–Crippen LogP) is 3.77. The van der Waals surface area contributed by atoms with Gasteiger partial charge in [0.15, 0.2) is 0 Å². The fourth-order valence-electron chi connectivity index (χ4n) is 1.93. The Morgan fingerprint density at radius 1 is 1.10 bits per heavy atom. The molecule has 1 N–H and O–H groups in total. The molecule has 6 heteroatoms. The highest BCUT2D eigenvalue weighted by atomic mass is 79.9. The summed E-state index contributed by atoms with van der Waals surface area (Å²) >= 11 is 3.31. The third kappa shape index (κ3) is 4.91.